The van der Waals surface area contributed by atoms with Gasteiger partial charge in [0.1, 0.15) is 11.5 Å². The Morgan fingerprint density at radius 3 is 1.89 bits per heavy atom. The number of aromatic hydroxyl groups is 1. The van der Waals surface area contributed by atoms with Gasteiger partial charge in [0.25, 0.3) is 0 Å². The molecule has 4 aromatic rings. The molecule has 0 fully saturated rings. The first-order valence-electron chi connectivity index (χ1n) is 10.6. The number of hydrogen-bond acceptors (Lipinski definition) is 9. The van der Waals surface area contributed by atoms with E-state index in [9.17, 15) is 18.3 Å². The van der Waals surface area contributed by atoms with Crippen LogP contribution in [-0.4, -0.2) is 54.9 Å². The summed E-state index contributed by atoms with van der Waals surface area (Å²) in [5.41, 5.74) is 2.33. The number of ether oxygens (including phenoxy) is 2. The summed E-state index contributed by atoms with van der Waals surface area (Å²) < 4.78 is 35.3. The highest BCUT2D eigenvalue weighted by Crippen LogP contribution is 2.32. The molecule has 2 N–H and O–H groups in total. The number of hydrogen-bond donors (Lipinski definition) is 2. The smallest absolute Gasteiger partial charge is 0.337 e. The highest BCUT2D eigenvalue weighted by Gasteiger charge is 2.16. The number of rotatable bonds is 7. The summed E-state index contributed by atoms with van der Waals surface area (Å²) in [5.74, 6) is 0.743. The maximum absolute atomic E-state index is 11.8. The Bertz CT molecular complexity index is 1520. The summed E-state index contributed by atoms with van der Waals surface area (Å²) in [7, 11) is -0.626. The Morgan fingerprint density at radius 1 is 0.833 bits per heavy atom. The summed E-state index contributed by atoms with van der Waals surface area (Å²) in [5, 5.41) is 10.6. The molecule has 0 saturated carbocycles. The van der Waals surface area contributed by atoms with E-state index in [2.05, 4.69) is 19.7 Å². The lowest BCUT2D eigenvalue weighted by Crippen LogP contribution is -2.09. The highest BCUT2D eigenvalue weighted by molar-refractivity contribution is 7.92. The van der Waals surface area contributed by atoms with Crippen LogP contribution in [0.25, 0.3) is 34.2 Å². The third-order valence-corrected chi connectivity index (χ3v) is 5.70. The molecule has 0 atom stereocenters. The zero-order valence-electron chi connectivity index (χ0n) is 19.6. The van der Waals surface area contributed by atoms with Gasteiger partial charge in [-0.3, -0.25) is 4.72 Å². The molecular formula is C25H22N4O6S. The minimum atomic E-state index is -3.42. The SMILES string of the molecule is COC(=O)c1ccc(-c2nc(-c3ccc(NS(C)(=O)=O)cc3)nc(-c3ccc(OC)cc3O)n2)cc1. The molecule has 11 heteroatoms. The molecular weight excluding hydrogens is 484 g/mol. The lowest BCUT2D eigenvalue weighted by Gasteiger charge is -2.11. The zero-order valence-corrected chi connectivity index (χ0v) is 20.4. The largest absolute Gasteiger partial charge is 0.507 e. The lowest BCUT2D eigenvalue weighted by atomic mass is 10.1. The quantitative estimate of drug-likeness (QED) is 0.359. The van der Waals surface area contributed by atoms with E-state index in [0.717, 1.165) is 6.26 Å². The standard InChI is InChI=1S/C25H22N4O6S/c1-34-19-12-13-20(21(30)14-19)24-27-22(15-4-6-17(7-5-15)25(31)35-2)26-23(28-24)16-8-10-18(11-9-16)29-36(3,32)33/h4-14,29-30H,1-3H3. The fourth-order valence-electron chi connectivity index (χ4n) is 3.36. The number of phenols is 1. The van der Waals surface area contributed by atoms with Gasteiger partial charge in [-0.15, -0.1) is 0 Å². The van der Waals surface area contributed by atoms with Crippen LogP contribution in [0.15, 0.2) is 66.7 Å². The Kier molecular flexibility index (Phi) is 6.84. The molecule has 36 heavy (non-hydrogen) atoms. The van der Waals surface area contributed by atoms with Crippen molar-refractivity contribution in [3.8, 4) is 45.7 Å². The van der Waals surface area contributed by atoms with E-state index in [1.54, 1.807) is 60.7 Å². The number of benzene rings is 3. The van der Waals surface area contributed by atoms with Gasteiger partial charge in [-0.1, -0.05) is 12.1 Å². The van der Waals surface area contributed by atoms with Gasteiger partial charge >= 0.3 is 5.97 Å². The number of aromatic nitrogens is 3. The van der Waals surface area contributed by atoms with Crippen molar-refractivity contribution in [3.05, 3.63) is 72.3 Å². The number of sulfonamides is 1. The van der Waals surface area contributed by atoms with Gasteiger partial charge in [0.05, 0.1) is 31.6 Å². The second kappa shape index (κ2) is 10.0. The first-order chi connectivity index (χ1) is 17.2. The van der Waals surface area contributed by atoms with E-state index < -0.39 is 16.0 Å². The predicted molar refractivity (Wildman–Crippen MR) is 134 cm³/mol. The molecule has 0 amide bonds. The summed E-state index contributed by atoms with van der Waals surface area (Å²) >= 11 is 0. The summed E-state index contributed by atoms with van der Waals surface area (Å²) in [6.45, 7) is 0. The van der Waals surface area contributed by atoms with Crippen LogP contribution in [0.4, 0.5) is 5.69 Å². The van der Waals surface area contributed by atoms with Crippen LogP contribution in [0.2, 0.25) is 0 Å². The Hall–Kier alpha value is -4.51. The number of esters is 1. The summed E-state index contributed by atoms with van der Waals surface area (Å²) in [6.07, 6.45) is 1.07. The molecule has 0 bridgehead atoms. The molecule has 4 rings (SSSR count). The maximum atomic E-state index is 11.8. The molecule has 10 nitrogen and oxygen atoms in total. The monoisotopic (exact) mass is 506 g/mol. The lowest BCUT2D eigenvalue weighted by molar-refractivity contribution is 0.0600. The first kappa shape index (κ1) is 24.6. The molecule has 0 aliphatic heterocycles. The zero-order chi connectivity index (χ0) is 25.9. The predicted octanol–water partition coefficient (Wildman–Crippen LogP) is 3.74. The van der Waals surface area contributed by atoms with Gasteiger partial charge in [-0.25, -0.2) is 28.2 Å². The maximum Gasteiger partial charge on any atom is 0.337 e. The Balaban J connectivity index is 1.82. The fraction of sp³-hybridized carbons (Fsp3) is 0.120. The number of phenolic OH excluding ortho intramolecular Hbond substituents is 1. The van der Waals surface area contributed by atoms with Crippen molar-refractivity contribution in [2.45, 2.75) is 0 Å². The molecule has 184 valence electrons. The van der Waals surface area contributed by atoms with E-state index in [0.29, 0.717) is 45.3 Å². The van der Waals surface area contributed by atoms with Gasteiger partial charge < -0.3 is 14.6 Å². The van der Waals surface area contributed by atoms with Crippen LogP contribution in [0.3, 0.4) is 0 Å². The van der Waals surface area contributed by atoms with E-state index in [1.165, 1.54) is 20.3 Å². The van der Waals surface area contributed by atoms with Gasteiger partial charge in [0.15, 0.2) is 17.5 Å². The van der Waals surface area contributed by atoms with Crippen molar-refractivity contribution in [2.75, 3.05) is 25.2 Å². The third kappa shape index (κ3) is 5.58. The molecule has 1 heterocycles. The Labute approximate surface area is 207 Å². The van der Waals surface area contributed by atoms with Crippen LogP contribution in [0.5, 0.6) is 11.5 Å². The molecule has 0 aliphatic rings. The Morgan fingerprint density at radius 2 is 1.39 bits per heavy atom. The van der Waals surface area contributed by atoms with Crippen LogP contribution in [0.1, 0.15) is 10.4 Å². The van der Waals surface area contributed by atoms with Crippen molar-refractivity contribution in [1.29, 1.82) is 0 Å². The van der Waals surface area contributed by atoms with Gasteiger partial charge in [0, 0.05) is 22.9 Å². The summed E-state index contributed by atoms with van der Waals surface area (Å²) in [6, 6.07) is 17.9. The van der Waals surface area contributed by atoms with Crippen LogP contribution in [0, 0.1) is 0 Å². The van der Waals surface area contributed by atoms with Gasteiger partial charge in [0.2, 0.25) is 10.0 Å². The van der Waals surface area contributed by atoms with E-state index >= 15 is 0 Å². The number of methoxy groups -OCH3 is 2. The van der Waals surface area contributed by atoms with Crippen molar-refractivity contribution in [3.63, 3.8) is 0 Å². The van der Waals surface area contributed by atoms with Crippen LogP contribution >= 0.6 is 0 Å². The molecule has 1 aromatic heterocycles. The van der Waals surface area contributed by atoms with Crippen LogP contribution < -0.4 is 9.46 Å². The molecule has 3 aromatic carbocycles. The number of carbonyl (C=O) groups is 1. The second-order valence-corrected chi connectivity index (χ2v) is 9.46. The van der Waals surface area contributed by atoms with Crippen molar-refractivity contribution in [2.24, 2.45) is 0 Å². The van der Waals surface area contributed by atoms with Crippen LogP contribution in [-0.2, 0) is 14.8 Å². The number of nitrogens with zero attached hydrogens (tertiary/aromatic N) is 3. The first-order valence-corrected chi connectivity index (χ1v) is 12.5. The van der Waals surface area contributed by atoms with Crippen molar-refractivity contribution < 1.29 is 27.8 Å². The molecule has 0 saturated heterocycles. The number of carbonyl (C=O) groups excluding carboxylic acids is 1. The topological polar surface area (TPSA) is 141 Å². The number of anilines is 1. The molecule has 0 radical (unpaired) electrons. The van der Waals surface area contributed by atoms with E-state index in [4.69, 9.17) is 9.47 Å². The van der Waals surface area contributed by atoms with E-state index in [1.807, 2.05) is 0 Å². The minimum Gasteiger partial charge on any atom is -0.507 e. The average Bonchev–Trinajstić information content (AvgIpc) is 2.87. The minimum absolute atomic E-state index is 0.0776. The average molecular weight is 507 g/mol. The molecule has 0 unspecified atom stereocenters. The third-order valence-electron chi connectivity index (χ3n) is 5.09. The molecule has 0 aliphatic carbocycles. The van der Waals surface area contributed by atoms with E-state index in [-0.39, 0.29) is 11.6 Å². The second-order valence-electron chi connectivity index (χ2n) is 7.71. The fourth-order valence-corrected chi connectivity index (χ4v) is 3.92. The van der Waals surface area contributed by atoms with Crippen molar-refractivity contribution >= 4 is 21.7 Å². The summed E-state index contributed by atoms with van der Waals surface area (Å²) in [4.78, 5) is 25.5. The van der Waals surface area contributed by atoms with Crippen molar-refractivity contribution in [1.82, 2.24) is 15.0 Å². The normalized spacial score (nSPS) is 11.1. The van der Waals surface area contributed by atoms with Gasteiger partial charge in [-0.05, 0) is 48.5 Å². The molecule has 0 spiro atoms. The van der Waals surface area contributed by atoms with Gasteiger partial charge in [-0.2, -0.15) is 0 Å². The highest BCUT2D eigenvalue weighted by atomic mass is 32.2. The number of nitrogens with one attached hydrogen (secondary N) is 1.